The second-order valence-corrected chi connectivity index (χ2v) is 5.20. The van der Waals surface area contributed by atoms with Gasteiger partial charge in [0.25, 0.3) is 5.91 Å². The highest BCUT2D eigenvalue weighted by Gasteiger charge is 2.38. The van der Waals surface area contributed by atoms with Gasteiger partial charge >= 0.3 is 6.18 Å². The van der Waals surface area contributed by atoms with E-state index in [2.05, 4.69) is 15.4 Å². The number of halogens is 3. The van der Waals surface area contributed by atoms with E-state index in [1.807, 2.05) is 0 Å². The standard InChI is InChI=1S/C14H11F3N4O2/c1-7-6-10(22)21(12(7)23)20-11-8-4-2-3-5-9(8)18-13(19-11)14(15,16)17/h2-5,7H,6H2,1H3,(H,18,19,20). The highest BCUT2D eigenvalue weighted by Crippen LogP contribution is 2.31. The van der Waals surface area contributed by atoms with E-state index < -0.39 is 29.7 Å². The Bertz CT molecular complexity index is 806. The number of alkyl halides is 3. The van der Waals surface area contributed by atoms with E-state index in [1.54, 1.807) is 13.0 Å². The van der Waals surface area contributed by atoms with E-state index in [0.29, 0.717) is 5.01 Å². The van der Waals surface area contributed by atoms with Crippen molar-refractivity contribution >= 4 is 28.5 Å². The minimum absolute atomic E-state index is 0.000970. The molecule has 120 valence electrons. The van der Waals surface area contributed by atoms with Crippen molar-refractivity contribution in [3.05, 3.63) is 30.1 Å². The molecule has 1 atom stereocenters. The predicted molar refractivity (Wildman–Crippen MR) is 73.8 cm³/mol. The summed E-state index contributed by atoms with van der Waals surface area (Å²) in [6, 6.07) is 6.04. The first kappa shape index (κ1) is 15.2. The van der Waals surface area contributed by atoms with Gasteiger partial charge in [-0.3, -0.25) is 15.0 Å². The van der Waals surface area contributed by atoms with E-state index in [9.17, 15) is 22.8 Å². The number of benzene rings is 1. The lowest BCUT2D eigenvalue weighted by Gasteiger charge is -2.18. The Morgan fingerprint density at radius 1 is 1.22 bits per heavy atom. The fraction of sp³-hybridized carbons (Fsp3) is 0.286. The van der Waals surface area contributed by atoms with Crippen LogP contribution in [0.25, 0.3) is 10.9 Å². The Morgan fingerprint density at radius 2 is 1.91 bits per heavy atom. The maximum Gasteiger partial charge on any atom is 0.451 e. The Balaban J connectivity index is 2.09. The number of imide groups is 1. The number of hydrogen-bond donors (Lipinski definition) is 1. The quantitative estimate of drug-likeness (QED) is 0.859. The molecule has 9 heteroatoms. The van der Waals surface area contributed by atoms with E-state index >= 15 is 0 Å². The number of nitrogens with one attached hydrogen (secondary N) is 1. The maximum absolute atomic E-state index is 12.9. The van der Waals surface area contributed by atoms with Crippen LogP contribution in [-0.4, -0.2) is 26.8 Å². The largest absolute Gasteiger partial charge is 0.451 e. The lowest BCUT2D eigenvalue weighted by molar-refractivity contribution is -0.144. The smallest absolute Gasteiger partial charge is 0.273 e. The van der Waals surface area contributed by atoms with Gasteiger partial charge in [0.05, 0.1) is 5.52 Å². The summed E-state index contributed by atoms with van der Waals surface area (Å²) in [7, 11) is 0. The third-order valence-electron chi connectivity index (χ3n) is 3.45. The molecule has 0 radical (unpaired) electrons. The van der Waals surface area contributed by atoms with Gasteiger partial charge in [0.2, 0.25) is 11.7 Å². The van der Waals surface area contributed by atoms with Crippen LogP contribution in [0.1, 0.15) is 19.2 Å². The van der Waals surface area contributed by atoms with Gasteiger partial charge < -0.3 is 0 Å². The summed E-state index contributed by atoms with van der Waals surface area (Å²) in [5.41, 5.74) is 2.47. The molecule has 0 bridgehead atoms. The molecule has 1 N–H and O–H groups in total. The second-order valence-electron chi connectivity index (χ2n) is 5.20. The zero-order chi connectivity index (χ0) is 16.8. The number of carbonyl (C=O) groups is 2. The van der Waals surface area contributed by atoms with Crippen molar-refractivity contribution in [2.45, 2.75) is 19.5 Å². The van der Waals surface area contributed by atoms with Gasteiger partial charge in [-0.2, -0.15) is 18.2 Å². The molecule has 2 amide bonds. The molecule has 3 rings (SSSR count). The Labute approximate surface area is 128 Å². The molecule has 1 fully saturated rings. The van der Waals surface area contributed by atoms with Gasteiger partial charge in [-0.15, -0.1) is 0 Å². The summed E-state index contributed by atoms with van der Waals surface area (Å²) in [6.45, 7) is 1.57. The number of hydrazine groups is 1. The number of nitrogens with zero attached hydrogens (tertiary/aromatic N) is 3. The molecule has 6 nitrogen and oxygen atoms in total. The number of amides is 2. The summed E-state index contributed by atoms with van der Waals surface area (Å²) in [5, 5.41) is 0.986. The second kappa shape index (κ2) is 5.18. The van der Waals surface area contributed by atoms with Gasteiger partial charge in [-0.1, -0.05) is 19.1 Å². The first-order chi connectivity index (χ1) is 10.8. The molecule has 1 aromatic heterocycles. The van der Waals surface area contributed by atoms with Gasteiger partial charge in [-0.25, -0.2) is 9.97 Å². The minimum Gasteiger partial charge on any atom is -0.273 e. The van der Waals surface area contributed by atoms with Crippen molar-refractivity contribution in [1.82, 2.24) is 15.0 Å². The van der Waals surface area contributed by atoms with E-state index in [1.165, 1.54) is 18.2 Å². The average molecular weight is 324 g/mol. The Hall–Kier alpha value is -2.71. The summed E-state index contributed by atoms with van der Waals surface area (Å²) < 4.78 is 38.8. The highest BCUT2D eigenvalue weighted by molar-refractivity contribution is 6.05. The summed E-state index contributed by atoms with van der Waals surface area (Å²) in [6.07, 6.45) is -4.74. The third kappa shape index (κ3) is 2.69. The van der Waals surface area contributed by atoms with Crippen molar-refractivity contribution in [2.75, 3.05) is 5.43 Å². The van der Waals surface area contributed by atoms with Crippen LogP contribution >= 0.6 is 0 Å². The molecule has 0 saturated carbocycles. The first-order valence-corrected chi connectivity index (χ1v) is 6.75. The first-order valence-electron chi connectivity index (χ1n) is 6.75. The summed E-state index contributed by atoms with van der Waals surface area (Å²) in [4.78, 5) is 30.6. The highest BCUT2D eigenvalue weighted by atomic mass is 19.4. The number of anilines is 1. The predicted octanol–water partition coefficient (Wildman–Crippen LogP) is 2.37. The minimum atomic E-state index is -4.74. The molecule has 1 unspecified atom stereocenters. The monoisotopic (exact) mass is 324 g/mol. The molecule has 23 heavy (non-hydrogen) atoms. The molecule has 1 aromatic carbocycles. The van der Waals surface area contributed by atoms with Crippen LogP contribution in [0, 0.1) is 5.92 Å². The lowest BCUT2D eigenvalue weighted by atomic mass is 10.1. The third-order valence-corrected chi connectivity index (χ3v) is 3.45. The SMILES string of the molecule is CC1CC(=O)N(Nc2nc(C(F)(F)F)nc3ccccc23)C1=O. The van der Waals surface area contributed by atoms with Gasteiger partial charge in [-0.05, 0) is 12.1 Å². The average Bonchev–Trinajstić information content (AvgIpc) is 2.72. The zero-order valence-corrected chi connectivity index (χ0v) is 11.9. The molecule has 0 aliphatic carbocycles. The summed E-state index contributed by atoms with van der Waals surface area (Å²) in [5.74, 6) is -3.13. The van der Waals surface area contributed by atoms with Gasteiger partial charge in [0.1, 0.15) is 0 Å². The van der Waals surface area contributed by atoms with Gasteiger partial charge in [0, 0.05) is 17.7 Å². The Morgan fingerprint density at radius 3 is 2.52 bits per heavy atom. The molecule has 1 saturated heterocycles. The van der Waals surface area contributed by atoms with Crippen LogP contribution in [0.3, 0.4) is 0 Å². The number of rotatable bonds is 2. The van der Waals surface area contributed by atoms with Crippen LogP contribution < -0.4 is 5.43 Å². The van der Waals surface area contributed by atoms with E-state index in [-0.39, 0.29) is 23.1 Å². The fourth-order valence-electron chi connectivity index (χ4n) is 2.30. The molecule has 1 aliphatic rings. The maximum atomic E-state index is 12.9. The van der Waals surface area contributed by atoms with Crippen molar-refractivity contribution in [3.8, 4) is 0 Å². The van der Waals surface area contributed by atoms with Crippen LogP contribution in [0.5, 0.6) is 0 Å². The zero-order valence-electron chi connectivity index (χ0n) is 11.9. The Kier molecular flexibility index (Phi) is 3.42. The number of hydrogen-bond acceptors (Lipinski definition) is 5. The topological polar surface area (TPSA) is 75.2 Å². The number of para-hydroxylation sites is 1. The molecule has 2 aromatic rings. The van der Waals surface area contributed by atoms with E-state index in [0.717, 1.165) is 0 Å². The number of carbonyl (C=O) groups excluding carboxylic acids is 2. The summed E-state index contributed by atoms with van der Waals surface area (Å²) >= 11 is 0. The molecule has 2 heterocycles. The van der Waals surface area contributed by atoms with Crippen LogP contribution in [0.15, 0.2) is 24.3 Å². The molecule has 0 spiro atoms. The van der Waals surface area contributed by atoms with Crippen molar-refractivity contribution in [1.29, 1.82) is 0 Å². The molecular weight excluding hydrogens is 313 g/mol. The van der Waals surface area contributed by atoms with Crippen LogP contribution in [0.2, 0.25) is 0 Å². The fourth-order valence-corrected chi connectivity index (χ4v) is 2.30. The normalized spacial score (nSPS) is 18.8. The van der Waals surface area contributed by atoms with Crippen molar-refractivity contribution < 1.29 is 22.8 Å². The van der Waals surface area contributed by atoms with Gasteiger partial charge in [0.15, 0.2) is 5.82 Å². The van der Waals surface area contributed by atoms with Crippen LogP contribution in [-0.2, 0) is 15.8 Å². The van der Waals surface area contributed by atoms with Crippen molar-refractivity contribution in [2.24, 2.45) is 5.92 Å². The molecule has 1 aliphatic heterocycles. The van der Waals surface area contributed by atoms with Crippen LogP contribution in [0.4, 0.5) is 19.0 Å². The van der Waals surface area contributed by atoms with E-state index in [4.69, 9.17) is 0 Å². The number of fused-ring (bicyclic) bond motifs is 1. The van der Waals surface area contributed by atoms with Crippen molar-refractivity contribution in [3.63, 3.8) is 0 Å². The molecular formula is C14H11F3N4O2. The number of aromatic nitrogens is 2. The lowest BCUT2D eigenvalue weighted by Crippen LogP contribution is -2.36.